The van der Waals surface area contributed by atoms with Crippen molar-refractivity contribution in [3.05, 3.63) is 49.5 Å². The molecular formula is C16H14N6O3S. The molecule has 9 nitrogen and oxygen atoms in total. The fraction of sp³-hybridized carbons (Fsp3) is 0.250. The molecule has 0 aliphatic carbocycles. The number of aromatic nitrogens is 1. The zero-order valence-corrected chi connectivity index (χ0v) is 14.7. The summed E-state index contributed by atoms with van der Waals surface area (Å²) in [5.41, 5.74) is 4.36. The van der Waals surface area contributed by atoms with E-state index in [1.807, 2.05) is 18.2 Å². The highest BCUT2D eigenvalue weighted by molar-refractivity contribution is 7.07. The number of carbonyl (C=O) groups excluding carboxylic acids is 2. The quantitative estimate of drug-likeness (QED) is 0.623. The highest BCUT2D eigenvalue weighted by Gasteiger charge is 2.46. The van der Waals surface area contributed by atoms with Gasteiger partial charge < -0.3 is 15.1 Å². The Morgan fingerprint density at radius 3 is 2.69 bits per heavy atom. The topological polar surface area (TPSA) is 99.0 Å². The lowest BCUT2D eigenvalue weighted by Gasteiger charge is -2.27. The molecule has 10 heteroatoms. The Kier molecular flexibility index (Phi) is 2.88. The molecule has 3 aliphatic rings. The van der Waals surface area contributed by atoms with Crippen LogP contribution in [0.15, 0.2) is 34.2 Å². The molecule has 2 atom stereocenters. The SMILES string of the molecule is CN1C(=O)N(C)C2C1NN=c1s/c(=C3\C(=O)Nc4ccccc43)c(=O)n12. The lowest BCUT2D eigenvalue weighted by Crippen LogP contribution is -2.52. The van der Waals surface area contributed by atoms with Crippen molar-refractivity contribution in [2.45, 2.75) is 12.3 Å². The molecular weight excluding hydrogens is 356 g/mol. The molecule has 132 valence electrons. The van der Waals surface area contributed by atoms with E-state index in [0.717, 1.165) is 11.3 Å². The summed E-state index contributed by atoms with van der Waals surface area (Å²) in [6, 6.07) is 7.05. The Morgan fingerprint density at radius 2 is 1.88 bits per heavy atom. The van der Waals surface area contributed by atoms with Gasteiger partial charge in [0.15, 0.2) is 12.3 Å². The number of para-hydroxylation sites is 1. The first-order valence-corrected chi connectivity index (χ1v) is 8.80. The molecule has 1 aromatic carbocycles. The van der Waals surface area contributed by atoms with Gasteiger partial charge in [-0.2, -0.15) is 0 Å². The zero-order chi connectivity index (χ0) is 18.2. The predicted octanol–water partition coefficient (Wildman–Crippen LogP) is -0.979. The maximum atomic E-state index is 13.2. The number of carbonyl (C=O) groups is 2. The van der Waals surface area contributed by atoms with Crippen LogP contribution in [0.4, 0.5) is 10.5 Å². The number of hydrogen-bond acceptors (Lipinski definition) is 6. The van der Waals surface area contributed by atoms with Crippen LogP contribution in [-0.2, 0) is 4.79 Å². The van der Waals surface area contributed by atoms with Crippen molar-refractivity contribution in [2.24, 2.45) is 5.10 Å². The van der Waals surface area contributed by atoms with E-state index in [0.29, 0.717) is 26.2 Å². The van der Waals surface area contributed by atoms with Gasteiger partial charge in [-0.3, -0.25) is 19.6 Å². The molecule has 0 radical (unpaired) electrons. The van der Waals surface area contributed by atoms with Crippen LogP contribution < -0.4 is 25.6 Å². The highest BCUT2D eigenvalue weighted by atomic mass is 32.1. The molecule has 0 spiro atoms. The number of benzene rings is 1. The van der Waals surface area contributed by atoms with Crippen LogP contribution in [0.2, 0.25) is 0 Å². The number of likely N-dealkylation sites (N-methyl/N-ethyl adjacent to an activating group) is 2. The van der Waals surface area contributed by atoms with E-state index in [-0.39, 0.29) is 17.5 Å². The van der Waals surface area contributed by atoms with E-state index >= 15 is 0 Å². The van der Waals surface area contributed by atoms with Crippen LogP contribution in [0.25, 0.3) is 5.57 Å². The molecule has 2 aromatic rings. The second-order valence-corrected chi connectivity index (χ2v) is 7.34. The molecule has 3 amide bonds. The maximum Gasteiger partial charge on any atom is 0.323 e. The van der Waals surface area contributed by atoms with Crippen molar-refractivity contribution in [1.82, 2.24) is 19.8 Å². The number of nitrogens with one attached hydrogen (secondary N) is 2. The van der Waals surface area contributed by atoms with Crippen LogP contribution in [-0.4, -0.2) is 46.6 Å². The molecule has 1 aromatic heterocycles. The monoisotopic (exact) mass is 370 g/mol. The minimum absolute atomic E-state index is 0.202. The number of urea groups is 1. The highest BCUT2D eigenvalue weighted by Crippen LogP contribution is 2.30. The predicted molar refractivity (Wildman–Crippen MR) is 93.8 cm³/mol. The van der Waals surface area contributed by atoms with Crippen LogP contribution in [0, 0.1) is 0 Å². The van der Waals surface area contributed by atoms with Gasteiger partial charge in [-0.25, -0.2) is 4.79 Å². The number of amides is 3. The van der Waals surface area contributed by atoms with Crippen molar-refractivity contribution in [1.29, 1.82) is 0 Å². The minimum atomic E-state index is -0.516. The number of rotatable bonds is 0. The molecule has 0 saturated carbocycles. The lowest BCUT2D eigenvalue weighted by atomic mass is 10.1. The largest absolute Gasteiger partial charge is 0.323 e. The number of hydrogen-bond donors (Lipinski definition) is 2. The Balaban J connectivity index is 1.81. The molecule has 26 heavy (non-hydrogen) atoms. The van der Waals surface area contributed by atoms with Gasteiger partial charge in [0.05, 0.1) is 5.57 Å². The Hall–Kier alpha value is -3.14. The molecule has 1 fully saturated rings. The van der Waals surface area contributed by atoms with Gasteiger partial charge in [-0.1, -0.05) is 29.5 Å². The van der Waals surface area contributed by atoms with Crippen molar-refractivity contribution >= 4 is 34.5 Å². The second kappa shape index (κ2) is 4.94. The van der Waals surface area contributed by atoms with Crippen LogP contribution >= 0.6 is 11.3 Å². The molecule has 0 bridgehead atoms. The molecule has 2 N–H and O–H groups in total. The average Bonchev–Trinajstić information content (AvgIpc) is 3.21. The molecule has 4 heterocycles. The van der Waals surface area contributed by atoms with Gasteiger partial charge in [0.25, 0.3) is 11.5 Å². The van der Waals surface area contributed by atoms with Crippen molar-refractivity contribution in [2.75, 3.05) is 19.4 Å². The number of thiazole rings is 1. The molecule has 1 saturated heterocycles. The summed E-state index contributed by atoms with van der Waals surface area (Å²) in [5.74, 6) is -0.306. The van der Waals surface area contributed by atoms with Crippen molar-refractivity contribution < 1.29 is 9.59 Å². The van der Waals surface area contributed by atoms with E-state index in [1.54, 1.807) is 20.2 Å². The fourth-order valence-electron chi connectivity index (χ4n) is 3.67. The van der Waals surface area contributed by atoms with E-state index in [4.69, 9.17) is 0 Å². The van der Waals surface area contributed by atoms with Crippen LogP contribution in [0.1, 0.15) is 11.7 Å². The summed E-state index contributed by atoms with van der Waals surface area (Å²) in [6.45, 7) is 0. The maximum absolute atomic E-state index is 13.2. The van der Waals surface area contributed by atoms with E-state index in [2.05, 4.69) is 15.8 Å². The fourth-order valence-corrected chi connectivity index (χ4v) is 4.73. The first-order valence-electron chi connectivity index (χ1n) is 7.98. The van der Waals surface area contributed by atoms with Crippen molar-refractivity contribution in [3.63, 3.8) is 0 Å². The Bertz CT molecular complexity index is 1170. The second-order valence-electron chi connectivity index (χ2n) is 6.37. The van der Waals surface area contributed by atoms with Gasteiger partial charge in [-0.05, 0) is 6.07 Å². The molecule has 5 rings (SSSR count). The smallest absolute Gasteiger partial charge is 0.321 e. The lowest BCUT2D eigenvalue weighted by molar-refractivity contribution is -0.110. The van der Waals surface area contributed by atoms with Gasteiger partial charge in [-0.15, -0.1) is 5.10 Å². The molecule has 2 unspecified atom stereocenters. The third-order valence-electron chi connectivity index (χ3n) is 4.97. The first kappa shape index (κ1) is 15.1. The van der Waals surface area contributed by atoms with Crippen molar-refractivity contribution in [3.8, 4) is 0 Å². The Labute approximate surface area is 150 Å². The summed E-state index contributed by atoms with van der Waals surface area (Å²) < 4.78 is 1.81. The van der Waals surface area contributed by atoms with E-state index in [1.165, 1.54) is 14.4 Å². The normalized spacial score (nSPS) is 25.3. The van der Waals surface area contributed by atoms with E-state index in [9.17, 15) is 14.4 Å². The number of nitrogens with zero attached hydrogens (tertiary/aromatic N) is 4. The van der Waals surface area contributed by atoms with Crippen LogP contribution in [0.3, 0.4) is 0 Å². The third-order valence-corrected chi connectivity index (χ3v) is 6.02. The summed E-state index contributed by atoms with van der Waals surface area (Å²) in [5, 5.41) is 7.04. The van der Waals surface area contributed by atoms with Gasteiger partial charge in [0, 0.05) is 25.3 Å². The number of fused-ring (bicyclic) bond motifs is 4. The minimum Gasteiger partial charge on any atom is -0.321 e. The summed E-state index contributed by atoms with van der Waals surface area (Å²) in [6.07, 6.45) is -0.951. The summed E-state index contributed by atoms with van der Waals surface area (Å²) >= 11 is 1.15. The van der Waals surface area contributed by atoms with Gasteiger partial charge in [0.1, 0.15) is 4.53 Å². The Morgan fingerprint density at radius 1 is 1.12 bits per heavy atom. The third kappa shape index (κ3) is 1.74. The number of anilines is 1. The van der Waals surface area contributed by atoms with Gasteiger partial charge >= 0.3 is 6.03 Å². The zero-order valence-electron chi connectivity index (χ0n) is 13.9. The first-order chi connectivity index (χ1) is 12.5. The summed E-state index contributed by atoms with van der Waals surface area (Å²) in [7, 11) is 3.31. The van der Waals surface area contributed by atoms with Gasteiger partial charge in [0.2, 0.25) is 4.80 Å². The standard InChI is InChI=1S/C16H14N6O3S/c1-20-11-13(21(2)16(20)25)22-14(24)10(26-15(22)19-18-11)9-7-5-3-4-6-8(7)17-12(9)23/h3-6,11,13,18H,1-2H3,(H,17,23)/b10-9-. The average molecular weight is 370 g/mol. The molecule has 3 aliphatic heterocycles. The summed E-state index contributed by atoms with van der Waals surface area (Å²) in [4.78, 5) is 41.4. The van der Waals surface area contributed by atoms with Crippen LogP contribution in [0.5, 0.6) is 0 Å². The van der Waals surface area contributed by atoms with E-state index < -0.39 is 12.3 Å².